The molecule has 0 aromatic carbocycles. The SMILES string of the molecule is CC(C)CC1CCCCc2nnn(C(C)C)c2C1. The molecule has 1 aromatic rings. The van der Waals surface area contributed by atoms with Crippen LogP contribution < -0.4 is 0 Å². The number of hydrogen-bond donors (Lipinski definition) is 0. The highest BCUT2D eigenvalue weighted by atomic mass is 15.4. The van der Waals surface area contributed by atoms with Crippen LogP contribution >= 0.6 is 0 Å². The Hall–Kier alpha value is -0.860. The predicted molar refractivity (Wildman–Crippen MR) is 74.6 cm³/mol. The molecule has 0 N–H and O–H groups in total. The smallest absolute Gasteiger partial charge is 0.0859 e. The van der Waals surface area contributed by atoms with Crippen LogP contribution in [0.1, 0.15) is 70.8 Å². The summed E-state index contributed by atoms with van der Waals surface area (Å²) in [7, 11) is 0. The van der Waals surface area contributed by atoms with Crippen LogP contribution in [0.2, 0.25) is 0 Å². The second-order valence-electron chi connectivity index (χ2n) is 6.47. The first-order valence-electron chi connectivity index (χ1n) is 7.50. The molecule has 102 valence electrons. The summed E-state index contributed by atoms with van der Waals surface area (Å²) in [6.07, 6.45) is 7.64. The first-order valence-corrected chi connectivity index (χ1v) is 7.50. The Balaban J connectivity index is 2.21. The van der Waals surface area contributed by atoms with Gasteiger partial charge in [-0.05, 0) is 51.4 Å². The lowest BCUT2D eigenvalue weighted by atomic mass is 9.85. The summed E-state index contributed by atoms with van der Waals surface area (Å²) in [6, 6.07) is 0.431. The van der Waals surface area contributed by atoms with Crippen LogP contribution in [0, 0.1) is 11.8 Å². The number of aryl methyl sites for hydroxylation is 1. The normalized spacial score (nSPS) is 20.9. The quantitative estimate of drug-likeness (QED) is 0.816. The molecule has 1 unspecified atom stereocenters. The highest BCUT2D eigenvalue weighted by molar-refractivity contribution is 5.13. The molecule has 1 aromatic heterocycles. The van der Waals surface area contributed by atoms with E-state index in [0.29, 0.717) is 6.04 Å². The Labute approximate surface area is 111 Å². The predicted octanol–water partition coefficient (Wildman–Crippen LogP) is 3.79. The second kappa shape index (κ2) is 5.85. The van der Waals surface area contributed by atoms with E-state index in [1.807, 2.05) is 0 Å². The Kier molecular flexibility index (Phi) is 4.41. The van der Waals surface area contributed by atoms with Crippen LogP contribution in [-0.4, -0.2) is 15.0 Å². The third kappa shape index (κ3) is 3.12. The number of fused-ring (bicyclic) bond motifs is 1. The van der Waals surface area contributed by atoms with Crippen LogP contribution in [0.5, 0.6) is 0 Å². The molecule has 0 amide bonds. The van der Waals surface area contributed by atoms with Crippen LogP contribution in [0.15, 0.2) is 0 Å². The third-order valence-corrected chi connectivity index (χ3v) is 3.92. The summed E-state index contributed by atoms with van der Waals surface area (Å²) in [5.41, 5.74) is 2.67. The first-order chi connectivity index (χ1) is 8.58. The maximum absolute atomic E-state index is 4.41. The fourth-order valence-electron chi connectivity index (χ4n) is 3.14. The number of rotatable bonds is 3. The molecule has 0 saturated heterocycles. The second-order valence-corrected chi connectivity index (χ2v) is 6.47. The summed E-state index contributed by atoms with van der Waals surface area (Å²) in [5, 5.41) is 8.77. The minimum Gasteiger partial charge on any atom is -0.247 e. The molecule has 3 heteroatoms. The van der Waals surface area contributed by atoms with Gasteiger partial charge in [-0.3, -0.25) is 0 Å². The van der Waals surface area contributed by atoms with Crippen molar-refractivity contribution in [3.05, 3.63) is 11.4 Å². The van der Waals surface area contributed by atoms with E-state index in [0.717, 1.165) is 18.3 Å². The van der Waals surface area contributed by atoms with Gasteiger partial charge in [0.15, 0.2) is 0 Å². The van der Waals surface area contributed by atoms with E-state index in [9.17, 15) is 0 Å². The van der Waals surface area contributed by atoms with Gasteiger partial charge in [0.2, 0.25) is 0 Å². The lowest BCUT2D eigenvalue weighted by molar-refractivity contribution is 0.351. The summed E-state index contributed by atoms with van der Waals surface area (Å²) in [5.74, 6) is 1.61. The highest BCUT2D eigenvalue weighted by Crippen LogP contribution is 2.28. The molecule has 0 spiro atoms. The monoisotopic (exact) mass is 249 g/mol. The van der Waals surface area contributed by atoms with Gasteiger partial charge in [-0.25, -0.2) is 4.68 Å². The molecule has 1 atom stereocenters. The topological polar surface area (TPSA) is 30.7 Å². The standard InChI is InChI=1S/C15H27N3/c1-11(2)9-13-7-5-6-8-14-15(10-13)18(12(3)4)17-16-14/h11-13H,5-10H2,1-4H3. The van der Waals surface area contributed by atoms with Crippen LogP contribution in [-0.2, 0) is 12.8 Å². The molecule has 0 bridgehead atoms. The van der Waals surface area contributed by atoms with E-state index in [2.05, 4.69) is 42.7 Å². The van der Waals surface area contributed by atoms with Crippen LogP contribution in [0.25, 0.3) is 0 Å². The zero-order chi connectivity index (χ0) is 13.1. The molecule has 3 nitrogen and oxygen atoms in total. The number of hydrogen-bond acceptors (Lipinski definition) is 2. The molecule has 1 aliphatic rings. The van der Waals surface area contributed by atoms with Gasteiger partial charge in [0, 0.05) is 6.04 Å². The van der Waals surface area contributed by atoms with E-state index in [1.165, 1.54) is 43.5 Å². The van der Waals surface area contributed by atoms with E-state index in [4.69, 9.17) is 0 Å². The van der Waals surface area contributed by atoms with E-state index >= 15 is 0 Å². The van der Waals surface area contributed by atoms with Gasteiger partial charge in [-0.15, -0.1) is 5.10 Å². The molecular weight excluding hydrogens is 222 g/mol. The fourth-order valence-corrected chi connectivity index (χ4v) is 3.14. The molecule has 0 saturated carbocycles. The average molecular weight is 249 g/mol. The number of nitrogens with zero attached hydrogens (tertiary/aromatic N) is 3. The van der Waals surface area contributed by atoms with E-state index < -0.39 is 0 Å². The minimum absolute atomic E-state index is 0.431. The van der Waals surface area contributed by atoms with Crippen molar-refractivity contribution in [1.82, 2.24) is 15.0 Å². The highest BCUT2D eigenvalue weighted by Gasteiger charge is 2.22. The average Bonchev–Trinajstić information content (AvgIpc) is 2.62. The zero-order valence-electron chi connectivity index (χ0n) is 12.3. The Bertz CT molecular complexity index is 379. The largest absolute Gasteiger partial charge is 0.247 e. The van der Waals surface area contributed by atoms with Gasteiger partial charge < -0.3 is 0 Å². The van der Waals surface area contributed by atoms with Gasteiger partial charge in [-0.1, -0.05) is 31.9 Å². The molecule has 0 fully saturated rings. The molecule has 2 rings (SSSR count). The van der Waals surface area contributed by atoms with E-state index in [-0.39, 0.29) is 0 Å². The van der Waals surface area contributed by atoms with Crippen molar-refractivity contribution in [2.45, 2.75) is 72.3 Å². The van der Waals surface area contributed by atoms with E-state index in [1.54, 1.807) is 0 Å². The van der Waals surface area contributed by atoms with Crippen molar-refractivity contribution in [3.63, 3.8) is 0 Å². The summed E-state index contributed by atoms with van der Waals surface area (Å²) in [4.78, 5) is 0. The molecule has 0 radical (unpaired) electrons. The lowest BCUT2D eigenvalue weighted by Crippen LogP contribution is -2.17. The van der Waals surface area contributed by atoms with Gasteiger partial charge in [0.1, 0.15) is 0 Å². The van der Waals surface area contributed by atoms with Gasteiger partial charge in [0.25, 0.3) is 0 Å². The molecule has 1 aliphatic carbocycles. The first kappa shape index (κ1) is 13.6. The van der Waals surface area contributed by atoms with Crippen molar-refractivity contribution < 1.29 is 0 Å². The van der Waals surface area contributed by atoms with Gasteiger partial charge >= 0.3 is 0 Å². The summed E-state index contributed by atoms with van der Waals surface area (Å²) < 4.78 is 2.15. The summed E-state index contributed by atoms with van der Waals surface area (Å²) in [6.45, 7) is 9.06. The van der Waals surface area contributed by atoms with Crippen molar-refractivity contribution >= 4 is 0 Å². The zero-order valence-corrected chi connectivity index (χ0v) is 12.3. The lowest BCUT2D eigenvalue weighted by Gasteiger charge is -2.22. The maximum Gasteiger partial charge on any atom is 0.0859 e. The van der Waals surface area contributed by atoms with Crippen molar-refractivity contribution in [3.8, 4) is 0 Å². The molecular formula is C15H27N3. The third-order valence-electron chi connectivity index (χ3n) is 3.92. The fraction of sp³-hybridized carbons (Fsp3) is 0.867. The van der Waals surface area contributed by atoms with Crippen LogP contribution in [0.3, 0.4) is 0 Å². The van der Waals surface area contributed by atoms with Gasteiger partial charge in [0.05, 0.1) is 11.4 Å². The van der Waals surface area contributed by atoms with Gasteiger partial charge in [-0.2, -0.15) is 0 Å². The maximum atomic E-state index is 4.41. The van der Waals surface area contributed by atoms with Crippen molar-refractivity contribution in [2.24, 2.45) is 11.8 Å². The molecule has 0 aliphatic heterocycles. The Morgan fingerprint density at radius 2 is 2.00 bits per heavy atom. The van der Waals surface area contributed by atoms with Crippen LogP contribution in [0.4, 0.5) is 0 Å². The minimum atomic E-state index is 0.431. The number of aromatic nitrogens is 3. The van der Waals surface area contributed by atoms with Crippen molar-refractivity contribution in [1.29, 1.82) is 0 Å². The Morgan fingerprint density at radius 3 is 2.67 bits per heavy atom. The molecule has 18 heavy (non-hydrogen) atoms. The Morgan fingerprint density at radius 1 is 1.22 bits per heavy atom. The summed E-state index contributed by atoms with van der Waals surface area (Å²) >= 11 is 0. The molecule has 1 heterocycles. The van der Waals surface area contributed by atoms with Crippen molar-refractivity contribution in [2.75, 3.05) is 0 Å².